The number of rotatable bonds is 4. The molecule has 0 aliphatic carbocycles. The summed E-state index contributed by atoms with van der Waals surface area (Å²) in [4.78, 5) is 0. The second kappa shape index (κ2) is 5.69. The Morgan fingerprint density at radius 3 is 2.94 bits per heavy atom. The molecule has 0 radical (unpaired) electrons. The zero-order valence-electron chi connectivity index (χ0n) is 10.5. The second-order valence-corrected chi connectivity index (χ2v) is 5.96. The van der Waals surface area contributed by atoms with Gasteiger partial charge >= 0.3 is 10.2 Å². The predicted molar refractivity (Wildman–Crippen MR) is 72.7 cm³/mol. The summed E-state index contributed by atoms with van der Waals surface area (Å²) < 4.78 is 28.6. The first-order valence-corrected chi connectivity index (χ1v) is 7.65. The van der Waals surface area contributed by atoms with Crippen LogP contribution >= 0.6 is 0 Å². The molecule has 18 heavy (non-hydrogen) atoms. The van der Waals surface area contributed by atoms with E-state index < -0.39 is 10.2 Å². The van der Waals surface area contributed by atoms with E-state index in [9.17, 15) is 8.42 Å². The molecular weight excluding hydrogens is 250 g/mol. The Morgan fingerprint density at radius 1 is 1.39 bits per heavy atom. The van der Waals surface area contributed by atoms with Crippen molar-refractivity contribution in [1.29, 1.82) is 0 Å². The topological polar surface area (TPSA) is 61.4 Å². The van der Waals surface area contributed by atoms with Gasteiger partial charge in [-0.2, -0.15) is 13.1 Å². The van der Waals surface area contributed by atoms with E-state index in [1.54, 1.807) is 0 Å². The van der Waals surface area contributed by atoms with E-state index in [1.165, 1.54) is 4.31 Å². The van der Waals surface area contributed by atoms with Crippen molar-refractivity contribution in [2.75, 3.05) is 23.9 Å². The minimum Gasteiger partial charge on any atom is -0.311 e. The lowest BCUT2D eigenvalue weighted by Gasteiger charge is -2.24. The first-order valence-electron chi connectivity index (χ1n) is 6.21. The fourth-order valence-corrected chi connectivity index (χ4v) is 3.37. The minimum atomic E-state index is -3.44. The van der Waals surface area contributed by atoms with Crippen LogP contribution in [0.2, 0.25) is 0 Å². The van der Waals surface area contributed by atoms with Gasteiger partial charge in [0.2, 0.25) is 0 Å². The van der Waals surface area contributed by atoms with Gasteiger partial charge in [0.25, 0.3) is 0 Å². The highest BCUT2D eigenvalue weighted by Gasteiger charge is 2.25. The fraction of sp³-hybridized carbons (Fsp3) is 0.500. The summed E-state index contributed by atoms with van der Waals surface area (Å²) in [6.07, 6.45) is 0.785. The first-order chi connectivity index (χ1) is 8.65. The highest BCUT2D eigenvalue weighted by atomic mass is 32.2. The summed E-state index contributed by atoms with van der Waals surface area (Å²) in [6.45, 7) is 4.22. The Kier molecular flexibility index (Phi) is 4.21. The number of hydrogen-bond acceptors (Lipinski definition) is 3. The molecule has 100 valence electrons. The van der Waals surface area contributed by atoms with Crippen molar-refractivity contribution in [3.05, 3.63) is 29.8 Å². The molecule has 1 aromatic rings. The molecule has 2 N–H and O–H groups in total. The van der Waals surface area contributed by atoms with E-state index in [0.717, 1.165) is 17.7 Å². The Morgan fingerprint density at radius 2 is 2.17 bits per heavy atom. The van der Waals surface area contributed by atoms with Crippen LogP contribution in [0, 0.1) is 0 Å². The van der Waals surface area contributed by atoms with Gasteiger partial charge in [0.05, 0.1) is 5.69 Å². The standard InChI is InChI=1S/C12H19N3O2S/c1-2-7-14-18(16,17)15-9-8-13-10-11-5-3-4-6-12(11)15/h3-6,13-14H,2,7-10H2,1H3. The molecule has 0 aromatic heterocycles. The maximum atomic E-state index is 12.2. The molecule has 5 nitrogen and oxygen atoms in total. The van der Waals surface area contributed by atoms with E-state index in [0.29, 0.717) is 26.2 Å². The van der Waals surface area contributed by atoms with Gasteiger partial charge in [0, 0.05) is 26.2 Å². The smallest absolute Gasteiger partial charge is 0.301 e. The molecule has 0 unspecified atom stereocenters. The van der Waals surface area contributed by atoms with Gasteiger partial charge in [-0.15, -0.1) is 0 Å². The van der Waals surface area contributed by atoms with Gasteiger partial charge in [-0.05, 0) is 18.1 Å². The second-order valence-electron chi connectivity index (χ2n) is 4.28. The van der Waals surface area contributed by atoms with Gasteiger partial charge in [-0.25, -0.2) is 0 Å². The number of para-hydroxylation sites is 1. The van der Waals surface area contributed by atoms with Crippen LogP contribution in [-0.4, -0.2) is 28.1 Å². The third kappa shape index (κ3) is 2.82. The van der Waals surface area contributed by atoms with E-state index in [1.807, 2.05) is 31.2 Å². The Labute approximate surface area is 108 Å². The molecule has 2 rings (SSSR count). The molecule has 1 aliphatic rings. The number of fused-ring (bicyclic) bond motifs is 1. The molecule has 0 bridgehead atoms. The van der Waals surface area contributed by atoms with Crippen molar-refractivity contribution in [2.45, 2.75) is 19.9 Å². The van der Waals surface area contributed by atoms with Crippen molar-refractivity contribution < 1.29 is 8.42 Å². The number of nitrogens with zero attached hydrogens (tertiary/aromatic N) is 1. The van der Waals surface area contributed by atoms with E-state index >= 15 is 0 Å². The monoisotopic (exact) mass is 269 g/mol. The molecular formula is C12H19N3O2S. The maximum Gasteiger partial charge on any atom is 0.301 e. The molecule has 1 aliphatic heterocycles. The minimum absolute atomic E-state index is 0.454. The van der Waals surface area contributed by atoms with Crippen LogP contribution in [0.3, 0.4) is 0 Å². The average molecular weight is 269 g/mol. The van der Waals surface area contributed by atoms with Crippen LogP contribution in [0.4, 0.5) is 5.69 Å². The lowest BCUT2D eigenvalue weighted by Crippen LogP contribution is -2.43. The molecule has 6 heteroatoms. The number of anilines is 1. The zero-order chi connectivity index (χ0) is 13.0. The van der Waals surface area contributed by atoms with Crippen LogP contribution in [0.1, 0.15) is 18.9 Å². The fourth-order valence-electron chi connectivity index (χ4n) is 1.99. The van der Waals surface area contributed by atoms with Crippen LogP contribution in [0.25, 0.3) is 0 Å². The molecule has 0 atom stereocenters. The lowest BCUT2D eigenvalue weighted by atomic mass is 10.2. The third-order valence-electron chi connectivity index (χ3n) is 2.89. The summed E-state index contributed by atoms with van der Waals surface area (Å²) in [6, 6.07) is 7.60. The summed E-state index contributed by atoms with van der Waals surface area (Å²) in [5.74, 6) is 0. The third-order valence-corrected chi connectivity index (χ3v) is 4.42. The molecule has 0 fully saturated rings. The van der Waals surface area contributed by atoms with Crippen molar-refractivity contribution in [3.8, 4) is 0 Å². The summed E-state index contributed by atoms with van der Waals surface area (Å²) in [5.41, 5.74) is 1.78. The van der Waals surface area contributed by atoms with E-state index in [4.69, 9.17) is 0 Å². The Bertz CT molecular complexity index is 502. The highest BCUT2D eigenvalue weighted by molar-refractivity contribution is 7.90. The lowest BCUT2D eigenvalue weighted by molar-refractivity contribution is 0.574. The summed E-state index contributed by atoms with van der Waals surface area (Å²) in [7, 11) is -3.44. The number of hydrogen-bond donors (Lipinski definition) is 2. The molecule has 0 spiro atoms. The zero-order valence-corrected chi connectivity index (χ0v) is 11.3. The van der Waals surface area contributed by atoms with Crippen molar-refractivity contribution >= 4 is 15.9 Å². The molecule has 0 amide bonds. The number of nitrogens with one attached hydrogen (secondary N) is 2. The van der Waals surface area contributed by atoms with E-state index in [2.05, 4.69) is 10.0 Å². The largest absolute Gasteiger partial charge is 0.311 e. The van der Waals surface area contributed by atoms with Gasteiger partial charge < -0.3 is 5.32 Å². The van der Waals surface area contributed by atoms with Gasteiger partial charge in [0.15, 0.2) is 0 Å². The van der Waals surface area contributed by atoms with Crippen molar-refractivity contribution in [3.63, 3.8) is 0 Å². The molecule has 1 heterocycles. The molecule has 0 saturated heterocycles. The molecule has 0 saturated carbocycles. The normalized spacial score (nSPS) is 16.2. The van der Waals surface area contributed by atoms with Gasteiger partial charge in [0.1, 0.15) is 0 Å². The summed E-state index contributed by atoms with van der Waals surface area (Å²) >= 11 is 0. The SMILES string of the molecule is CCCNS(=O)(=O)N1CCNCc2ccccc21. The van der Waals surface area contributed by atoms with Crippen LogP contribution in [0.5, 0.6) is 0 Å². The van der Waals surface area contributed by atoms with Crippen LogP contribution in [-0.2, 0) is 16.8 Å². The summed E-state index contributed by atoms with van der Waals surface area (Å²) in [5, 5.41) is 3.23. The first kappa shape index (κ1) is 13.3. The highest BCUT2D eigenvalue weighted by Crippen LogP contribution is 2.23. The average Bonchev–Trinajstić information content (AvgIpc) is 2.59. The van der Waals surface area contributed by atoms with E-state index in [-0.39, 0.29) is 0 Å². The van der Waals surface area contributed by atoms with Crippen LogP contribution < -0.4 is 14.3 Å². The molecule has 1 aromatic carbocycles. The predicted octanol–water partition coefficient (Wildman–Crippen LogP) is 0.841. The van der Waals surface area contributed by atoms with Gasteiger partial charge in [-0.3, -0.25) is 4.31 Å². The quantitative estimate of drug-likeness (QED) is 0.851. The van der Waals surface area contributed by atoms with Crippen LogP contribution in [0.15, 0.2) is 24.3 Å². The van der Waals surface area contributed by atoms with Crippen molar-refractivity contribution in [1.82, 2.24) is 10.0 Å². The van der Waals surface area contributed by atoms with Crippen molar-refractivity contribution in [2.24, 2.45) is 0 Å². The Hall–Kier alpha value is -1.11. The Balaban J connectivity index is 2.33. The maximum absolute atomic E-state index is 12.2. The van der Waals surface area contributed by atoms with Gasteiger partial charge in [-0.1, -0.05) is 25.1 Å². The number of benzene rings is 1.